The summed E-state index contributed by atoms with van der Waals surface area (Å²) >= 11 is 9.76. The molecule has 18 heavy (non-hydrogen) atoms. The van der Waals surface area contributed by atoms with Crippen LogP contribution in [0, 0.1) is 17.3 Å². The van der Waals surface area contributed by atoms with Crippen molar-refractivity contribution in [2.24, 2.45) is 17.3 Å². The average Bonchev–Trinajstić information content (AvgIpc) is 2.93. The van der Waals surface area contributed by atoms with Crippen LogP contribution in [0.15, 0.2) is 22.7 Å². The molecule has 2 aliphatic carbocycles. The van der Waals surface area contributed by atoms with Crippen LogP contribution in [0.5, 0.6) is 0 Å². The van der Waals surface area contributed by atoms with Crippen LogP contribution in [0.1, 0.15) is 31.2 Å². The molecule has 2 saturated carbocycles. The second-order valence-electron chi connectivity index (χ2n) is 6.01. The Bertz CT molecular complexity index is 462. The molecule has 1 N–H and O–H groups in total. The molecule has 0 aromatic heterocycles. The van der Waals surface area contributed by atoms with Gasteiger partial charge in [-0.25, -0.2) is 0 Å². The van der Waals surface area contributed by atoms with Gasteiger partial charge in [0.15, 0.2) is 0 Å². The number of rotatable bonds is 3. The highest BCUT2D eigenvalue weighted by atomic mass is 79.9. The Kier molecular flexibility index (Phi) is 3.46. The van der Waals surface area contributed by atoms with Crippen molar-refractivity contribution in [3.05, 3.63) is 33.3 Å². The van der Waals surface area contributed by atoms with Gasteiger partial charge in [-0.15, -0.1) is 0 Å². The van der Waals surface area contributed by atoms with Gasteiger partial charge in [-0.3, -0.25) is 0 Å². The van der Waals surface area contributed by atoms with Crippen molar-refractivity contribution in [3.63, 3.8) is 0 Å². The summed E-state index contributed by atoms with van der Waals surface area (Å²) in [5.41, 5.74) is 1.28. The summed E-state index contributed by atoms with van der Waals surface area (Å²) in [7, 11) is 0. The monoisotopic (exact) mass is 328 g/mol. The highest BCUT2D eigenvalue weighted by molar-refractivity contribution is 9.10. The van der Waals surface area contributed by atoms with Crippen LogP contribution in [0.3, 0.4) is 0 Å². The maximum atomic E-state index is 9.89. The van der Waals surface area contributed by atoms with Gasteiger partial charge in [0.05, 0.1) is 0 Å². The molecule has 3 rings (SSSR count). The second-order valence-corrected chi connectivity index (χ2v) is 7.34. The van der Waals surface area contributed by atoms with Crippen molar-refractivity contribution in [2.75, 3.05) is 6.61 Å². The third kappa shape index (κ3) is 2.13. The summed E-state index contributed by atoms with van der Waals surface area (Å²) < 4.78 is 1.02. The molecule has 0 amide bonds. The first kappa shape index (κ1) is 13.0. The first-order chi connectivity index (χ1) is 8.63. The van der Waals surface area contributed by atoms with E-state index in [1.165, 1.54) is 31.2 Å². The molecule has 1 aromatic carbocycles. The zero-order chi connectivity index (χ0) is 12.8. The minimum atomic E-state index is 0.0976. The van der Waals surface area contributed by atoms with Gasteiger partial charge in [-0.05, 0) is 55.2 Å². The van der Waals surface area contributed by atoms with Gasteiger partial charge < -0.3 is 5.11 Å². The first-order valence-electron chi connectivity index (χ1n) is 6.68. The number of aliphatic hydroxyl groups excluding tert-OH is 1. The molecule has 0 aliphatic heterocycles. The summed E-state index contributed by atoms with van der Waals surface area (Å²) in [5.74, 6) is 1.54. The molecule has 98 valence electrons. The minimum absolute atomic E-state index is 0.0976. The molecular weight excluding hydrogens is 312 g/mol. The molecule has 1 nitrogen and oxygen atoms in total. The zero-order valence-corrected chi connectivity index (χ0v) is 12.7. The van der Waals surface area contributed by atoms with Crippen LogP contribution in [0.4, 0.5) is 0 Å². The van der Waals surface area contributed by atoms with Gasteiger partial charge in [0, 0.05) is 21.5 Å². The quantitative estimate of drug-likeness (QED) is 0.869. The van der Waals surface area contributed by atoms with Crippen LogP contribution < -0.4 is 0 Å². The van der Waals surface area contributed by atoms with Crippen LogP contribution in [-0.4, -0.2) is 11.7 Å². The number of hydrogen-bond acceptors (Lipinski definition) is 1. The third-order valence-corrected chi connectivity index (χ3v) is 5.82. The van der Waals surface area contributed by atoms with Gasteiger partial charge in [-0.1, -0.05) is 40.0 Å². The Morgan fingerprint density at radius 3 is 2.78 bits per heavy atom. The van der Waals surface area contributed by atoms with Crippen molar-refractivity contribution in [2.45, 2.75) is 32.1 Å². The van der Waals surface area contributed by atoms with E-state index in [0.29, 0.717) is 12.5 Å². The maximum absolute atomic E-state index is 9.89. The SMILES string of the molecule is OCC1(Cc2ccc(Br)cc2Cl)CC2CCC1C2. The van der Waals surface area contributed by atoms with Gasteiger partial charge in [-0.2, -0.15) is 0 Å². The zero-order valence-electron chi connectivity index (χ0n) is 10.3. The second kappa shape index (κ2) is 4.81. The molecular formula is C15H18BrClO. The Hall–Kier alpha value is -0.0500. The maximum Gasteiger partial charge on any atom is 0.0493 e. The van der Waals surface area contributed by atoms with E-state index in [0.717, 1.165) is 21.8 Å². The lowest BCUT2D eigenvalue weighted by atomic mass is 9.70. The predicted octanol–water partition coefficient (Wildman–Crippen LogP) is 4.44. The van der Waals surface area contributed by atoms with Crippen LogP contribution in [0.25, 0.3) is 0 Å². The molecule has 0 radical (unpaired) electrons. The van der Waals surface area contributed by atoms with Crippen LogP contribution in [-0.2, 0) is 6.42 Å². The smallest absolute Gasteiger partial charge is 0.0493 e. The lowest BCUT2D eigenvalue weighted by Crippen LogP contribution is -2.34. The van der Waals surface area contributed by atoms with Gasteiger partial charge in [0.25, 0.3) is 0 Å². The van der Waals surface area contributed by atoms with E-state index >= 15 is 0 Å². The number of aliphatic hydroxyl groups is 1. The van der Waals surface area contributed by atoms with E-state index in [4.69, 9.17) is 11.6 Å². The van der Waals surface area contributed by atoms with E-state index < -0.39 is 0 Å². The van der Waals surface area contributed by atoms with Gasteiger partial charge in [0.2, 0.25) is 0 Å². The van der Waals surface area contributed by atoms with E-state index in [9.17, 15) is 5.11 Å². The molecule has 2 aliphatic rings. The molecule has 0 spiro atoms. The summed E-state index contributed by atoms with van der Waals surface area (Å²) in [5, 5.41) is 10.7. The predicted molar refractivity (Wildman–Crippen MR) is 77.8 cm³/mol. The fourth-order valence-electron chi connectivity index (χ4n) is 4.07. The standard InChI is InChI=1S/C15H18BrClO/c16-13-4-2-11(14(17)6-13)8-15(9-18)7-10-1-3-12(15)5-10/h2,4,6,10,12,18H,1,3,5,7-9H2. The first-order valence-corrected chi connectivity index (χ1v) is 7.85. The Morgan fingerprint density at radius 2 is 2.22 bits per heavy atom. The van der Waals surface area contributed by atoms with E-state index in [-0.39, 0.29) is 5.41 Å². The summed E-state index contributed by atoms with van der Waals surface area (Å²) in [6.45, 7) is 0.306. The van der Waals surface area contributed by atoms with Gasteiger partial charge >= 0.3 is 0 Å². The summed E-state index contributed by atoms with van der Waals surface area (Å²) in [4.78, 5) is 0. The molecule has 0 saturated heterocycles. The number of hydrogen-bond donors (Lipinski definition) is 1. The number of benzene rings is 1. The van der Waals surface area contributed by atoms with Crippen LogP contribution >= 0.6 is 27.5 Å². The molecule has 3 unspecified atom stereocenters. The van der Waals surface area contributed by atoms with Crippen molar-refractivity contribution >= 4 is 27.5 Å². The number of fused-ring (bicyclic) bond motifs is 2. The Morgan fingerprint density at radius 1 is 1.39 bits per heavy atom. The normalized spacial score (nSPS) is 34.2. The largest absolute Gasteiger partial charge is 0.396 e. The molecule has 3 heteroatoms. The fourth-order valence-corrected chi connectivity index (χ4v) is 4.81. The lowest BCUT2D eigenvalue weighted by molar-refractivity contribution is 0.0652. The van der Waals surface area contributed by atoms with Gasteiger partial charge in [0.1, 0.15) is 0 Å². The molecule has 2 bridgehead atoms. The van der Waals surface area contributed by atoms with Crippen LogP contribution in [0.2, 0.25) is 5.02 Å². The Balaban J connectivity index is 1.86. The van der Waals surface area contributed by atoms with E-state index in [2.05, 4.69) is 22.0 Å². The summed E-state index contributed by atoms with van der Waals surface area (Å²) in [6.07, 6.45) is 6.08. The highest BCUT2D eigenvalue weighted by Crippen LogP contribution is 2.57. The molecule has 1 aromatic rings. The van der Waals surface area contributed by atoms with E-state index in [1.807, 2.05) is 12.1 Å². The molecule has 0 heterocycles. The topological polar surface area (TPSA) is 20.2 Å². The van der Waals surface area contributed by atoms with Crippen molar-refractivity contribution in [1.82, 2.24) is 0 Å². The number of halogens is 2. The fraction of sp³-hybridized carbons (Fsp3) is 0.600. The summed E-state index contributed by atoms with van der Waals surface area (Å²) in [6, 6.07) is 6.09. The molecule has 2 fully saturated rings. The third-order valence-electron chi connectivity index (χ3n) is 4.97. The van der Waals surface area contributed by atoms with E-state index in [1.54, 1.807) is 0 Å². The lowest BCUT2D eigenvalue weighted by Gasteiger charge is -2.36. The average molecular weight is 330 g/mol. The van der Waals surface area contributed by atoms with Crippen molar-refractivity contribution in [3.8, 4) is 0 Å². The highest BCUT2D eigenvalue weighted by Gasteiger charge is 2.50. The minimum Gasteiger partial charge on any atom is -0.396 e. The van der Waals surface area contributed by atoms with Crippen molar-refractivity contribution < 1.29 is 5.11 Å². The van der Waals surface area contributed by atoms with Crippen molar-refractivity contribution in [1.29, 1.82) is 0 Å². The Labute approximate surface area is 122 Å². The molecule has 3 atom stereocenters.